The highest BCUT2D eigenvalue weighted by Crippen LogP contribution is 2.43. The molecule has 0 radical (unpaired) electrons. The van der Waals surface area contributed by atoms with E-state index in [1.54, 1.807) is 66.1 Å². The number of rotatable bonds is 14. The highest BCUT2D eigenvalue weighted by atomic mass is 32.1. The van der Waals surface area contributed by atoms with Crippen LogP contribution in [0.1, 0.15) is 94.6 Å². The van der Waals surface area contributed by atoms with E-state index < -0.39 is 17.7 Å². The van der Waals surface area contributed by atoms with Crippen LogP contribution in [0.5, 0.6) is 0 Å². The zero-order chi connectivity index (χ0) is 43.4. The molecule has 328 valence electrons. The predicted octanol–water partition coefficient (Wildman–Crippen LogP) is 7.09. The number of carbonyl (C=O) groups is 3. The topological polar surface area (TPSA) is 163 Å². The van der Waals surface area contributed by atoms with Gasteiger partial charge in [-0.2, -0.15) is 10.5 Å². The number of thiophene rings is 4. The molecule has 0 aromatic carbocycles. The Bertz CT molecular complexity index is 2300. The summed E-state index contributed by atoms with van der Waals surface area (Å²) in [5.74, 6) is 0.0343. The molecule has 12 nitrogen and oxygen atoms in total. The number of anilines is 2. The Morgan fingerprint density at radius 1 is 0.790 bits per heavy atom. The van der Waals surface area contributed by atoms with Gasteiger partial charge < -0.3 is 35.8 Å². The first kappa shape index (κ1) is 44.2. The molecule has 5 atom stereocenters. The maximum absolute atomic E-state index is 14.0. The third kappa shape index (κ3) is 10.5. The molecule has 2 saturated heterocycles. The molecule has 3 amide bonds. The lowest BCUT2D eigenvalue weighted by Crippen LogP contribution is -2.52. The summed E-state index contributed by atoms with van der Waals surface area (Å²) >= 11 is 6.69. The molecule has 4 aliphatic rings. The molecule has 16 heteroatoms. The van der Waals surface area contributed by atoms with Crippen LogP contribution in [-0.4, -0.2) is 80.4 Å². The standard InChI is InChI=1S/C46H56N8O4S4/c1-46(2,3)58-45(57)52-38(22-32-9-7-19-60-32)42(56)51-30-15-17-54(27-30)44-36(24-48)34-20-28(12-13-40(34)62-44)25-49-37(21-31-8-6-18-59-31)41(55)50-29-14-16-53(26-29)43-35(23-47)33-10-4-5-11-39(33)61-43/h6-9,18-19,28-30,37-38,49H,4-5,10-17,20-22,25-27H2,1-3H3,(H,50,55)(H,51,56)(H,52,57). The average Bonchev–Trinajstić information content (AvgIpc) is 4.10. The number of aryl methyl sites for hydroxylation is 2. The molecule has 2 aliphatic carbocycles. The van der Waals surface area contributed by atoms with E-state index in [2.05, 4.69) is 54.7 Å². The van der Waals surface area contributed by atoms with E-state index in [1.165, 1.54) is 21.7 Å². The van der Waals surface area contributed by atoms with Crippen molar-refractivity contribution in [3.8, 4) is 12.1 Å². The van der Waals surface area contributed by atoms with Gasteiger partial charge in [0, 0.05) is 70.6 Å². The summed E-state index contributed by atoms with van der Waals surface area (Å²) in [7, 11) is 0. The lowest BCUT2D eigenvalue weighted by atomic mass is 9.86. The van der Waals surface area contributed by atoms with Crippen LogP contribution < -0.4 is 31.1 Å². The highest BCUT2D eigenvalue weighted by Gasteiger charge is 2.35. The van der Waals surface area contributed by atoms with Gasteiger partial charge in [-0.15, -0.1) is 45.3 Å². The SMILES string of the molecule is CC(C)(C)OC(=O)NC(Cc1cccs1)C(=O)NC1CCN(c2sc3c(c2C#N)CC(CNC(Cc2cccs2)C(=O)NC2CCN(c4sc5c(c4C#N)CCCC5)C2)CC3)C1. The third-order valence-electron chi connectivity index (χ3n) is 12.3. The van der Waals surface area contributed by atoms with E-state index in [1.807, 2.05) is 23.6 Å². The second kappa shape index (κ2) is 19.5. The minimum Gasteiger partial charge on any atom is -0.444 e. The number of nitrogens with zero attached hydrogens (tertiary/aromatic N) is 4. The van der Waals surface area contributed by atoms with Gasteiger partial charge in [0.15, 0.2) is 0 Å². The van der Waals surface area contributed by atoms with Crippen molar-refractivity contribution in [2.45, 2.75) is 121 Å². The van der Waals surface area contributed by atoms with Gasteiger partial charge in [0.1, 0.15) is 33.8 Å². The van der Waals surface area contributed by atoms with Crippen LogP contribution in [0.2, 0.25) is 0 Å². The Balaban J connectivity index is 0.873. The Labute approximate surface area is 380 Å². The maximum Gasteiger partial charge on any atom is 0.408 e. The first-order chi connectivity index (χ1) is 29.9. The van der Waals surface area contributed by atoms with Gasteiger partial charge in [-0.05, 0) is 125 Å². The number of fused-ring (bicyclic) bond motifs is 2. The molecule has 2 fully saturated rings. The third-order valence-corrected chi connectivity index (χ3v) is 16.8. The minimum absolute atomic E-state index is 0.0115. The predicted molar refractivity (Wildman–Crippen MR) is 249 cm³/mol. The molecule has 8 rings (SSSR count). The molecule has 4 aromatic rings. The molecule has 62 heavy (non-hydrogen) atoms. The van der Waals surface area contributed by atoms with Gasteiger partial charge in [0.05, 0.1) is 17.2 Å². The first-order valence-electron chi connectivity index (χ1n) is 21.9. The lowest BCUT2D eigenvalue weighted by molar-refractivity contribution is -0.124. The number of alkyl carbamates (subject to hydrolysis) is 1. The Hall–Kier alpha value is -4.45. The monoisotopic (exact) mass is 912 g/mol. The van der Waals surface area contributed by atoms with Gasteiger partial charge >= 0.3 is 6.09 Å². The summed E-state index contributed by atoms with van der Waals surface area (Å²) < 4.78 is 5.48. The second-order valence-electron chi connectivity index (χ2n) is 18.0. The molecule has 2 aliphatic heterocycles. The van der Waals surface area contributed by atoms with E-state index in [-0.39, 0.29) is 35.9 Å². The van der Waals surface area contributed by atoms with Gasteiger partial charge in [-0.1, -0.05) is 12.1 Å². The molecule has 0 bridgehead atoms. The lowest BCUT2D eigenvalue weighted by Gasteiger charge is -2.26. The summed E-state index contributed by atoms with van der Waals surface area (Å²) in [6, 6.07) is 11.8. The molecule has 5 unspecified atom stereocenters. The van der Waals surface area contributed by atoms with E-state index in [9.17, 15) is 24.9 Å². The fourth-order valence-corrected chi connectivity index (χ4v) is 13.5. The first-order valence-corrected chi connectivity index (χ1v) is 25.3. The number of carbonyl (C=O) groups excluding carboxylic acids is 3. The Kier molecular flexibility index (Phi) is 13.9. The summed E-state index contributed by atoms with van der Waals surface area (Å²) in [5.41, 5.74) is 3.26. The number of nitrogens with one attached hydrogen (secondary N) is 4. The van der Waals surface area contributed by atoms with Gasteiger partial charge in [0.25, 0.3) is 0 Å². The fourth-order valence-electron chi connectivity index (χ4n) is 9.26. The van der Waals surface area contributed by atoms with E-state index in [0.717, 1.165) is 94.4 Å². The Morgan fingerprint density at radius 2 is 1.35 bits per heavy atom. The normalized spacial score (nSPS) is 20.7. The van der Waals surface area contributed by atoms with E-state index in [0.29, 0.717) is 39.0 Å². The van der Waals surface area contributed by atoms with Crippen molar-refractivity contribution in [3.05, 3.63) is 76.8 Å². The average molecular weight is 913 g/mol. The summed E-state index contributed by atoms with van der Waals surface area (Å²) in [6.45, 7) is 8.88. The fraction of sp³-hybridized carbons (Fsp3) is 0.543. The van der Waals surface area contributed by atoms with Crippen LogP contribution in [0.15, 0.2) is 35.0 Å². The van der Waals surface area contributed by atoms with Crippen LogP contribution in [0, 0.1) is 28.6 Å². The number of hydrogen-bond acceptors (Lipinski definition) is 13. The van der Waals surface area contributed by atoms with Crippen LogP contribution in [0.3, 0.4) is 0 Å². The van der Waals surface area contributed by atoms with Crippen LogP contribution >= 0.6 is 45.3 Å². The van der Waals surface area contributed by atoms with Gasteiger partial charge in [-0.3, -0.25) is 9.59 Å². The number of nitriles is 2. The van der Waals surface area contributed by atoms with Crippen molar-refractivity contribution in [3.63, 3.8) is 0 Å². The van der Waals surface area contributed by atoms with Crippen molar-refractivity contribution >= 4 is 73.3 Å². The second-order valence-corrected chi connectivity index (χ2v) is 22.2. The molecular formula is C46H56N8O4S4. The van der Waals surface area contributed by atoms with Gasteiger partial charge in [0.2, 0.25) is 11.8 Å². The van der Waals surface area contributed by atoms with Crippen molar-refractivity contribution in [1.82, 2.24) is 21.3 Å². The molecule has 4 aromatic heterocycles. The number of ether oxygens (including phenoxy) is 1. The van der Waals surface area contributed by atoms with E-state index in [4.69, 9.17) is 4.74 Å². The van der Waals surface area contributed by atoms with Crippen LogP contribution in [-0.2, 0) is 52.9 Å². The van der Waals surface area contributed by atoms with Crippen molar-refractivity contribution in [2.75, 3.05) is 42.5 Å². The molecule has 6 heterocycles. The summed E-state index contributed by atoms with van der Waals surface area (Å²) in [4.78, 5) is 49.7. The molecule has 0 spiro atoms. The van der Waals surface area contributed by atoms with Crippen LogP contribution in [0.4, 0.5) is 14.8 Å². The maximum atomic E-state index is 14.0. The number of amides is 3. The quantitative estimate of drug-likeness (QED) is 0.104. The highest BCUT2D eigenvalue weighted by molar-refractivity contribution is 7.17. The molecule has 4 N–H and O–H groups in total. The summed E-state index contributed by atoms with van der Waals surface area (Å²) in [6.07, 6.45) is 8.92. The van der Waals surface area contributed by atoms with Gasteiger partial charge in [-0.25, -0.2) is 4.79 Å². The van der Waals surface area contributed by atoms with Crippen molar-refractivity contribution in [2.24, 2.45) is 5.92 Å². The number of hydrogen-bond donors (Lipinski definition) is 4. The molecule has 0 saturated carbocycles. The van der Waals surface area contributed by atoms with Crippen LogP contribution in [0.25, 0.3) is 0 Å². The van der Waals surface area contributed by atoms with Crippen molar-refractivity contribution in [1.29, 1.82) is 10.5 Å². The largest absolute Gasteiger partial charge is 0.444 e. The Morgan fingerprint density at radius 3 is 1.94 bits per heavy atom. The minimum atomic E-state index is -0.781. The summed E-state index contributed by atoms with van der Waals surface area (Å²) in [5, 5.41) is 39.7. The van der Waals surface area contributed by atoms with Crippen molar-refractivity contribution < 1.29 is 19.1 Å². The van der Waals surface area contributed by atoms with E-state index >= 15 is 0 Å². The zero-order valence-corrected chi connectivity index (χ0v) is 39.0. The smallest absolute Gasteiger partial charge is 0.408 e. The zero-order valence-electron chi connectivity index (χ0n) is 35.7. The molecular weight excluding hydrogens is 857 g/mol.